The summed E-state index contributed by atoms with van der Waals surface area (Å²) in [5, 5.41) is 0. The first-order valence-corrected chi connectivity index (χ1v) is 7.58. The first kappa shape index (κ1) is 18.4. The fourth-order valence-corrected chi connectivity index (χ4v) is 2.40. The van der Waals surface area contributed by atoms with Gasteiger partial charge in [0.15, 0.2) is 0 Å². The van der Waals surface area contributed by atoms with E-state index in [2.05, 4.69) is 53.3 Å². The molecule has 0 fully saturated rings. The molecule has 0 amide bonds. The first-order valence-electron chi connectivity index (χ1n) is 7.58. The monoisotopic (exact) mass is 268 g/mol. The average Bonchev–Trinajstić information content (AvgIpc) is 2.35. The van der Waals surface area contributed by atoms with Crippen LogP contribution in [0.5, 0.6) is 0 Å². The van der Waals surface area contributed by atoms with Gasteiger partial charge in [-0.15, -0.1) is 6.58 Å². The molecule has 0 spiro atoms. The van der Waals surface area contributed by atoms with Crippen molar-refractivity contribution in [3.8, 4) is 0 Å². The molecule has 2 unspecified atom stereocenters. The van der Waals surface area contributed by atoms with Crippen molar-refractivity contribution < 1.29 is 10.3 Å². The lowest BCUT2D eigenvalue weighted by atomic mass is 9.80. The lowest BCUT2D eigenvalue weighted by Gasteiger charge is -2.25. The van der Waals surface area contributed by atoms with Gasteiger partial charge in [0.25, 0.3) is 0 Å². The van der Waals surface area contributed by atoms with Gasteiger partial charge in [-0.2, -0.15) is 0 Å². The molecule has 2 N–H and O–H groups in total. The third-order valence-electron chi connectivity index (χ3n) is 3.76. The molecule has 0 heterocycles. The van der Waals surface area contributed by atoms with E-state index in [-0.39, 0.29) is 5.41 Å². The van der Waals surface area contributed by atoms with Crippen LogP contribution in [0.2, 0.25) is 0 Å². The molecule has 0 aliphatic rings. The van der Waals surface area contributed by atoms with Crippen molar-refractivity contribution >= 4 is 0 Å². The number of hydrogen-bond donors (Lipinski definition) is 1. The van der Waals surface area contributed by atoms with Crippen molar-refractivity contribution in [2.45, 2.75) is 53.9 Å². The first-order chi connectivity index (χ1) is 8.88. The smallest absolute Gasteiger partial charge is 0.108 e. The number of hydrogen-bond acceptors (Lipinski definition) is 1. The van der Waals surface area contributed by atoms with Crippen LogP contribution in [0.4, 0.5) is 0 Å². The van der Waals surface area contributed by atoms with Gasteiger partial charge in [0.05, 0.1) is 7.11 Å². The zero-order valence-corrected chi connectivity index (χ0v) is 13.8. The third kappa shape index (κ3) is 7.54. The summed E-state index contributed by atoms with van der Waals surface area (Å²) < 4.78 is 0. The maximum Gasteiger partial charge on any atom is 0.108 e. The summed E-state index contributed by atoms with van der Waals surface area (Å²) in [6.45, 7) is 16.4. The summed E-state index contributed by atoms with van der Waals surface area (Å²) in [4.78, 5) is 5.05. The van der Waals surface area contributed by atoms with Gasteiger partial charge in [0.2, 0.25) is 0 Å². The van der Waals surface area contributed by atoms with E-state index in [1.54, 1.807) is 12.7 Å². The second-order valence-electron chi connectivity index (χ2n) is 6.28. The standard InChI is InChI=1S/C17H33NO/c1-8-10-17(6,9-2)12-16(14(3)4)11-15(5)13-18-19-7/h9,12,14-15,18H,2,8,10-11,13H2,1,3-7H3/p+1/b16-12+. The Morgan fingerprint density at radius 2 is 2.00 bits per heavy atom. The molecule has 0 aliphatic heterocycles. The highest BCUT2D eigenvalue weighted by atomic mass is 16.6. The Morgan fingerprint density at radius 1 is 1.37 bits per heavy atom. The molecule has 19 heavy (non-hydrogen) atoms. The maximum absolute atomic E-state index is 5.05. The molecular formula is C17H34NO+. The molecule has 0 aromatic rings. The Kier molecular flexibility index (Phi) is 9.03. The molecule has 0 saturated heterocycles. The zero-order valence-electron chi connectivity index (χ0n) is 13.8. The van der Waals surface area contributed by atoms with Gasteiger partial charge in [-0.05, 0) is 18.8 Å². The summed E-state index contributed by atoms with van der Waals surface area (Å²) in [6.07, 6.45) is 8.07. The van der Waals surface area contributed by atoms with Crippen molar-refractivity contribution in [2.24, 2.45) is 17.3 Å². The largest absolute Gasteiger partial charge is 0.210 e. The minimum absolute atomic E-state index is 0.138. The number of quaternary nitrogens is 1. The maximum atomic E-state index is 5.05. The molecule has 2 atom stereocenters. The molecule has 0 saturated carbocycles. The van der Waals surface area contributed by atoms with Crippen molar-refractivity contribution in [1.29, 1.82) is 0 Å². The Hall–Kier alpha value is -0.600. The van der Waals surface area contributed by atoms with Crippen molar-refractivity contribution in [3.63, 3.8) is 0 Å². The van der Waals surface area contributed by atoms with E-state index < -0.39 is 0 Å². The topological polar surface area (TPSA) is 25.8 Å². The fraction of sp³-hybridized carbons (Fsp3) is 0.765. The summed E-state index contributed by atoms with van der Waals surface area (Å²) in [7, 11) is 1.72. The average molecular weight is 268 g/mol. The van der Waals surface area contributed by atoms with Gasteiger partial charge in [0, 0.05) is 11.3 Å². The third-order valence-corrected chi connectivity index (χ3v) is 3.76. The molecule has 112 valence electrons. The van der Waals surface area contributed by atoms with E-state index in [0.29, 0.717) is 11.8 Å². The van der Waals surface area contributed by atoms with Crippen molar-refractivity contribution in [1.82, 2.24) is 0 Å². The highest BCUT2D eigenvalue weighted by molar-refractivity contribution is 5.16. The molecular weight excluding hydrogens is 234 g/mol. The van der Waals surface area contributed by atoms with Crippen molar-refractivity contribution in [3.05, 3.63) is 24.3 Å². The SMILES string of the molecule is C=CC(C)(/C=C(\CC(C)C[NH2+]OC)C(C)C)CCC. The van der Waals surface area contributed by atoms with Gasteiger partial charge in [-0.25, -0.2) is 10.3 Å². The normalized spacial score (nSPS) is 17.3. The van der Waals surface area contributed by atoms with Gasteiger partial charge in [-0.1, -0.05) is 58.8 Å². The zero-order chi connectivity index (χ0) is 14.9. The molecule has 0 rings (SSSR count). The molecule has 0 aromatic carbocycles. The second-order valence-corrected chi connectivity index (χ2v) is 6.28. The van der Waals surface area contributed by atoms with Gasteiger partial charge >= 0.3 is 0 Å². The van der Waals surface area contributed by atoms with E-state index in [0.717, 1.165) is 13.0 Å². The van der Waals surface area contributed by atoms with E-state index in [1.807, 2.05) is 5.48 Å². The van der Waals surface area contributed by atoms with Crippen molar-refractivity contribution in [2.75, 3.05) is 13.7 Å². The Balaban J connectivity index is 4.83. The minimum Gasteiger partial charge on any atom is -0.210 e. The van der Waals surface area contributed by atoms with E-state index in [9.17, 15) is 0 Å². The van der Waals surface area contributed by atoms with Crippen LogP contribution in [0.25, 0.3) is 0 Å². The molecule has 2 nitrogen and oxygen atoms in total. The van der Waals surface area contributed by atoms with Crippen LogP contribution in [-0.4, -0.2) is 13.7 Å². The Labute approximate surface area is 120 Å². The van der Waals surface area contributed by atoms with Crippen LogP contribution < -0.4 is 5.48 Å². The van der Waals surface area contributed by atoms with E-state index >= 15 is 0 Å². The second kappa shape index (κ2) is 9.33. The molecule has 0 aromatic heterocycles. The van der Waals surface area contributed by atoms with E-state index in [4.69, 9.17) is 4.84 Å². The van der Waals surface area contributed by atoms with Gasteiger partial charge in [-0.3, -0.25) is 0 Å². The Bertz CT molecular complexity index is 283. The minimum atomic E-state index is 0.138. The highest BCUT2D eigenvalue weighted by Gasteiger charge is 2.19. The predicted molar refractivity (Wildman–Crippen MR) is 83.7 cm³/mol. The molecule has 0 radical (unpaired) electrons. The quantitative estimate of drug-likeness (QED) is 0.474. The summed E-state index contributed by atoms with van der Waals surface area (Å²) in [6, 6.07) is 0. The fourth-order valence-electron chi connectivity index (χ4n) is 2.40. The summed E-state index contributed by atoms with van der Waals surface area (Å²) >= 11 is 0. The summed E-state index contributed by atoms with van der Waals surface area (Å²) in [5.74, 6) is 1.23. The number of nitrogens with two attached hydrogens (primary N) is 1. The molecule has 0 bridgehead atoms. The van der Waals surface area contributed by atoms with Crippen LogP contribution >= 0.6 is 0 Å². The summed E-state index contributed by atoms with van der Waals surface area (Å²) in [5.41, 5.74) is 3.59. The van der Waals surface area contributed by atoms with Crippen LogP contribution in [0, 0.1) is 17.3 Å². The molecule has 2 heteroatoms. The van der Waals surface area contributed by atoms with Crippen LogP contribution in [0.15, 0.2) is 24.3 Å². The van der Waals surface area contributed by atoms with Crippen LogP contribution in [0.1, 0.15) is 53.9 Å². The lowest BCUT2D eigenvalue weighted by molar-refractivity contribution is -0.892. The van der Waals surface area contributed by atoms with Gasteiger partial charge < -0.3 is 0 Å². The Morgan fingerprint density at radius 3 is 2.42 bits per heavy atom. The molecule has 0 aliphatic carbocycles. The number of allylic oxidation sites excluding steroid dienone is 3. The number of rotatable bonds is 10. The van der Waals surface area contributed by atoms with Crippen LogP contribution in [0.3, 0.4) is 0 Å². The van der Waals surface area contributed by atoms with E-state index in [1.165, 1.54) is 12.8 Å². The predicted octanol–water partition coefficient (Wildman–Crippen LogP) is 3.71. The number of hydroxylamine groups is 1. The van der Waals surface area contributed by atoms with Crippen LogP contribution in [-0.2, 0) is 4.84 Å². The van der Waals surface area contributed by atoms with Gasteiger partial charge in [0.1, 0.15) is 6.54 Å². The lowest BCUT2D eigenvalue weighted by Crippen LogP contribution is -2.83. The highest BCUT2D eigenvalue weighted by Crippen LogP contribution is 2.31.